The fraction of sp³-hybridized carbons (Fsp3) is 0. The number of imidazole rings is 1. The van der Waals surface area contributed by atoms with E-state index in [1.807, 2.05) is 18.2 Å². The molecule has 0 fully saturated rings. The van der Waals surface area contributed by atoms with Gasteiger partial charge in [0.25, 0.3) is 0 Å². The van der Waals surface area contributed by atoms with Gasteiger partial charge in [-0.1, -0.05) is 17.7 Å². The van der Waals surface area contributed by atoms with Crippen LogP contribution in [-0.2, 0) is 0 Å². The van der Waals surface area contributed by atoms with E-state index in [1.165, 1.54) is 0 Å². The monoisotopic (exact) mass is 203 g/mol. The van der Waals surface area contributed by atoms with Crippen LogP contribution in [0.5, 0.6) is 0 Å². The highest BCUT2D eigenvalue weighted by Gasteiger charge is 2.03. The molecule has 2 rings (SSSR count). The van der Waals surface area contributed by atoms with Gasteiger partial charge in [-0.2, -0.15) is 5.26 Å². The highest BCUT2D eigenvalue weighted by molar-refractivity contribution is 6.30. The van der Waals surface area contributed by atoms with Gasteiger partial charge in [0.2, 0.25) is 5.82 Å². The molecule has 3 nitrogen and oxygen atoms in total. The number of halogens is 1. The molecule has 1 aromatic heterocycles. The lowest BCUT2D eigenvalue weighted by molar-refractivity contribution is 1.02. The van der Waals surface area contributed by atoms with E-state index in [0.29, 0.717) is 10.8 Å². The zero-order valence-corrected chi connectivity index (χ0v) is 7.94. The lowest BCUT2D eigenvalue weighted by Gasteiger charge is -2.02. The Labute approximate surface area is 86.2 Å². The quantitative estimate of drug-likeness (QED) is 0.714. The molecule has 0 unspecified atom stereocenters. The van der Waals surface area contributed by atoms with Gasteiger partial charge in [-0.3, -0.25) is 4.57 Å². The Morgan fingerprint density at radius 3 is 3.00 bits per heavy atom. The first-order valence-corrected chi connectivity index (χ1v) is 4.38. The van der Waals surface area contributed by atoms with Gasteiger partial charge in [-0.25, -0.2) is 4.98 Å². The standard InChI is InChI=1S/C10H6ClN3/c11-8-2-1-3-9(6-8)14-5-4-13-10(14)7-12/h1-6H. The van der Waals surface area contributed by atoms with Gasteiger partial charge in [-0.15, -0.1) is 0 Å². The third-order valence-corrected chi connectivity index (χ3v) is 2.06. The van der Waals surface area contributed by atoms with Gasteiger partial charge in [0, 0.05) is 23.1 Å². The summed E-state index contributed by atoms with van der Waals surface area (Å²) < 4.78 is 1.69. The molecule has 68 valence electrons. The Hall–Kier alpha value is -1.79. The second-order valence-corrected chi connectivity index (χ2v) is 3.15. The molecule has 1 heterocycles. The Morgan fingerprint density at radius 2 is 2.29 bits per heavy atom. The maximum Gasteiger partial charge on any atom is 0.217 e. The van der Waals surface area contributed by atoms with Crippen molar-refractivity contribution in [3.63, 3.8) is 0 Å². The topological polar surface area (TPSA) is 41.6 Å². The number of nitrogens with zero attached hydrogens (tertiary/aromatic N) is 3. The van der Waals surface area contributed by atoms with Crippen molar-refractivity contribution < 1.29 is 0 Å². The van der Waals surface area contributed by atoms with Crippen LogP contribution in [-0.4, -0.2) is 9.55 Å². The summed E-state index contributed by atoms with van der Waals surface area (Å²) in [6, 6.07) is 9.27. The average Bonchev–Trinajstić information content (AvgIpc) is 2.65. The van der Waals surface area contributed by atoms with Crippen LogP contribution in [0.4, 0.5) is 0 Å². The fourth-order valence-corrected chi connectivity index (χ4v) is 1.40. The highest BCUT2D eigenvalue weighted by atomic mass is 35.5. The maximum absolute atomic E-state index is 8.77. The summed E-state index contributed by atoms with van der Waals surface area (Å²) in [6.45, 7) is 0. The number of nitriles is 1. The van der Waals surface area contributed by atoms with Crippen molar-refractivity contribution in [3.8, 4) is 11.8 Å². The fourth-order valence-electron chi connectivity index (χ4n) is 1.22. The molecule has 0 saturated heterocycles. The van der Waals surface area contributed by atoms with Gasteiger partial charge in [0.1, 0.15) is 6.07 Å². The number of aromatic nitrogens is 2. The predicted molar refractivity (Wildman–Crippen MR) is 53.3 cm³/mol. The molecule has 0 saturated carbocycles. The SMILES string of the molecule is N#Cc1nccn1-c1cccc(Cl)c1. The van der Waals surface area contributed by atoms with Crippen LogP contribution in [0, 0.1) is 11.3 Å². The molecule has 14 heavy (non-hydrogen) atoms. The van der Waals surface area contributed by atoms with E-state index in [2.05, 4.69) is 4.98 Å². The second kappa shape index (κ2) is 3.52. The molecular weight excluding hydrogens is 198 g/mol. The van der Waals surface area contributed by atoms with E-state index in [4.69, 9.17) is 16.9 Å². The van der Waals surface area contributed by atoms with Gasteiger partial charge in [0.15, 0.2) is 0 Å². The maximum atomic E-state index is 8.77. The molecule has 0 N–H and O–H groups in total. The van der Waals surface area contributed by atoms with Gasteiger partial charge >= 0.3 is 0 Å². The minimum Gasteiger partial charge on any atom is -0.291 e. The Bertz CT molecular complexity index is 496. The Kier molecular flexibility index (Phi) is 2.21. The molecule has 0 aliphatic rings. The zero-order chi connectivity index (χ0) is 9.97. The molecule has 1 aromatic carbocycles. The van der Waals surface area contributed by atoms with Crippen molar-refractivity contribution in [2.45, 2.75) is 0 Å². The largest absolute Gasteiger partial charge is 0.291 e. The van der Waals surface area contributed by atoms with E-state index < -0.39 is 0 Å². The molecular formula is C10H6ClN3. The molecule has 0 aliphatic heterocycles. The lowest BCUT2D eigenvalue weighted by Crippen LogP contribution is -1.95. The molecule has 0 spiro atoms. The first-order chi connectivity index (χ1) is 6.81. The summed E-state index contributed by atoms with van der Waals surface area (Å²) in [5, 5.41) is 9.41. The first kappa shape index (κ1) is 8.79. The molecule has 0 bridgehead atoms. The number of benzene rings is 1. The lowest BCUT2D eigenvalue weighted by atomic mass is 10.3. The van der Waals surface area contributed by atoms with Crippen LogP contribution in [0.1, 0.15) is 5.82 Å². The molecule has 2 aromatic rings. The molecule has 0 aliphatic carbocycles. The smallest absolute Gasteiger partial charge is 0.217 e. The van der Waals surface area contributed by atoms with Crippen molar-refractivity contribution in [2.24, 2.45) is 0 Å². The van der Waals surface area contributed by atoms with Crippen molar-refractivity contribution in [1.29, 1.82) is 5.26 Å². The van der Waals surface area contributed by atoms with Crippen LogP contribution in [0.3, 0.4) is 0 Å². The number of hydrogen-bond donors (Lipinski definition) is 0. The van der Waals surface area contributed by atoms with E-state index in [1.54, 1.807) is 29.1 Å². The van der Waals surface area contributed by atoms with Crippen LogP contribution in [0.2, 0.25) is 5.02 Å². The Morgan fingerprint density at radius 1 is 1.43 bits per heavy atom. The minimum absolute atomic E-state index is 0.354. The third kappa shape index (κ3) is 1.48. The van der Waals surface area contributed by atoms with E-state index in [0.717, 1.165) is 5.69 Å². The average molecular weight is 204 g/mol. The molecule has 0 atom stereocenters. The van der Waals surface area contributed by atoms with Crippen LogP contribution < -0.4 is 0 Å². The molecule has 0 radical (unpaired) electrons. The van der Waals surface area contributed by atoms with Crippen molar-refractivity contribution >= 4 is 11.6 Å². The summed E-state index contributed by atoms with van der Waals surface area (Å²) >= 11 is 5.84. The minimum atomic E-state index is 0.354. The number of rotatable bonds is 1. The second-order valence-electron chi connectivity index (χ2n) is 2.71. The Balaban J connectivity index is 2.56. The van der Waals surface area contributed by atoms with Crippen molar-refractivity contribution in [3.05, 3.63) is 47.5 Å². The summed E-state index contributed by atoms with van der Waals surface area (Å²) in [6.07, 6.45) is 3.31. The van der Waals surface area contributed by atoms with Gasteiger partial charge in [-0.05, 0) is 18.2 Å². The highest BCUT2D eigenvalue weighted by Crippen LogP contribution is 2.15. The van der Waals surface area contributed by atoms with Crippen molar-refractivity contribution in [1.82, 2.24) is 9.55 Å². The molecule has 4 heteroatoms. The summed E-state index contributed by atoms with van der Waals surface area (Å²) in [4.78, 5) is 3.90. The van der Waals surface area contributed by atoms with Crippen LogP contribution in [0.25, 0.3) is 5.69 Å². The predicted octanol–water partition coefficient (Wildman–Crippen LogP) is 2.40. The summed E-state index contributed by atoms with van der Waals surface area (Å²) in [5.74, 6) is 0.354. The van der Waals surface area contributed by atoms with Gasteiger partial charge in [0.05, 0.1) is 0 Å². The summed E-state index contributed by atoms with van der Waals surface area (Å²) in [7, 11) is 0. The number of hydrogen-bond acceptors (Lipinski definition) is 2. The zero-order valence-electron chi connectivity index (χ0n) is 7.18. The summed E-state index contributed by atoms with van der Waals surface area (Å²) in [5.41, 5.74) is 0.839. The van der Waals surface area contributed by atoms with Crippen LogP contribution in [0.15, 0.2) is 36.7 Å². The van der Waals surface area contributed by atoms with E-state index >= 15 is 0 Å². The normalized spacial score (nSPS) is 9.71. The van der Waals surface area contributed by atoms with E-state index in [9.17, 15) is 0 Å². The molecule has 0 amide bonds. The van der Waals surface area contributed by atoms with E-state index in [-0.39, 0.29) is 0 Å². The van der Waals surface area contributed by atoms with Crippen LogP contribution >= 0.6 is 11.6 Å². The van der Waals surface area contributed by atoms with Gasteiger partial charge < -0.3 is 0 Å². The first-order valence-electron chi connectivity index (χ1n) is 4.00. The third-order valence-electron chi connectivity index (χ3n) is 1.83. The van der Waals surface area contributed by atoms with Crippen molar-refractivity contribution in [2.75, 3.05) is 0 Å².